The first-order valence-corrected chi connectivity index (χ1v) is 0. The smallest absolute Gasteiger partial charge is 2.00 e. The molecule has 0 N–H and O–H groups in total. The average molecular weight is 366 g/mol. The van der Waals surface area contributed by atoms with Gasteiger partial charge < -0.3 is 21.9 Å². The van der Waals surface area contributed by atoms with E-state index in [0.717, 1.165) is 0 Å². The molecule has 0 rings (SSSR count). The molecule has 6 heavy (non-hydrogen) atoms. The predicted molar refractivity (Wildman–Crippen MR) is 8.50 cm³/mol. The Morgan fingerprint density at radius 3 is 0.500 bits per heavy atom. The molecule has 0 unspecified atom stereocenters. The van der Waals surface area contributed by atoms with Gasteiger partial charge in [-0.15, -0.1) is 0 Å². The molecule has 0 bridgehead atoms. The third-order valence-electron chi connectivity index (χ3n) is 0. The molecule has 0 fully saturated rings. The molecule has 0 aromatic carbocycles. The zero-order chi connectivity index (χ0) is 0. The van der Waals surface area contributed by atoms with Crippen LogP contribution in [0.25, 0.3) is 0 Å². The monoisotopic (exact) mass is 366 g/mol. The van der Waals surface area contributed by atoms with E-state index in [1.807, 2.05) is 0 Å². The number of rotatable bonds is 0. The summed E-state index contributed by atoms with van der Waals surface area (Å²) in [6, 6.07) is 0. The van der Waals surface area contributed by atoms with E-state index in [9.17, 15) is 0 Å². The summed E-state index contributed by atoms with van der Waals surface area (Å²) in [5.74, 6) is 0. The summed E-state index contributed by atoms with van der Waals surface area (Å²) in [6.07, 6.45) is 0. The number of hydrogen-bond acceptors (Lipinski definition) is 0. The summed E-state index contributed by atoms with van der Waals surface area (Å²) in [5, 5.41) is 0. The molecule has 0 saturated carbocycles. The van der Waals surface area contributed by atoms with Crippen molar-refractivity contribution in [1.82, 2.24) is 0 Å². The van der Waals surface area contributed by atoms with Crippen molar-refractivity contribution in [2.24, 2.45) is 0 Å². The minimum absolute atomic E-state index is 0. The van der Waals surface area contributed by atoms with Crippen LogP contribution in [0.15, 0.2) is 0 Å². The van der Waals surface area contributed by atoms with E-state index < -0.39 is 0 Å². The molecule has 0 spiro atoms. The van der Waals surface area contributed by atoms with Crippen LogP contribution in [0.5, 0.6) is 0 Å². The van der Waals surface area contributed by atoms with E-state index in [0.29, 0.717) is 0 Å². The Labute approximate surface area is 70.2 Å². The number of hydrogen-bond donors (Lipinski definition) is 0. The standard InChI is InChI=1S/Bi.Nb.4O/q+3;+5;4*-2. The fourth-order valence-electron chi connectivity index (χ4n) is 0. The van der Waals surface area contributed by atoms with Gasteiger partial charge in [0.1, 0.15) is 0 Å². The maximum atomic E-state index is 0. The van der Waals surface area contributed by atoms with Crippen molar-refractivity contribution in [2.45, 2.75) is 0 Å². The van der Waals surface area contributed by atoms with Crippen molar-refractivity contribution in [3.05, 3.63) is 0 Å². The molecule has 0 aromatic rings. The van der Waals surface area contributed by atoms with Crippen LogP contribution in [0.2, 0.25) is 0 Å². The topological polar surface area (TPSA) is 114 Å². The van der Waals surface area contributed by atoms with Gasteiger partial charge in [0.2, 0.25) is 0 Å². The van der Waals surface area contributed by atoms with Gasteiger partial charge in [0.15, 0.2) is 0 Å². The quantitative estimate of drug-likeness (QED) is 0.497. The molecular weight excluding hydrogens is 366 g/mol. The van der Waals surface area contributed by atoms with Gasteiger partial charge in [-0.25, -0.2) is 0 Å². The van der Waals surface area contributed by atoms with Gasteiger partial charge in [-0.3, -0.25) is 0 Å². The van der Waals surface area contributed by atoms with Gasteiger partial charge in [0.25, 0.3) is 0 Å². The van der Waals surface area contributed by atoms with Gasteiger partial charge in [0, 0.05) is 0 Å². The summed E-state index contributed by atoms with van der Waals surface area (Å²) in [7, 11) is 0. The molecule has 0 aliphatic carbocycles. The van der Waals surface area contributed by atoms with E-state index in [1.165, 1.54) is 0 Å². The van der Waals surface area contributed by atoms with Gasteiger partial charge in [-0.1, -0.05) is 0 Å². The fraction of sp³-hybridized carbons (Fsp3) is 0. The van der Waals surface area contributed by atoms with Crippen LogP contribution in [0, 0.1) is 0 Å². The third-order valence-corrected chi connectivity index (χ3v) is 0. The predicted octanol–water partition coefficient (Wildman–Crippen LogP) is -0.859. The molecule has 0 aliphatic heterocycles. The zero-order valence-corrected chi connectivity index (χ0v) is 8.20. The van der Waals surface area contributed by atoms with Crippen molar-refractivity contribution in [3.63, 3.8) is 0 Å². The van der Waals surface area contributed by atoms with Gasteiger partial charge in [-0.05, 0) is 0 Å². The Morgan fingerprint density at radius 2 is 0.500 bits per heavy atom. The van der Waals surface area contributed by atoms with Gasteiger partial charge in [-0.2, -0.15) is 0 Å². The average Bonchev–Trinajstić information content (AvgIpc) is 0. The van der Waals surface area contributed by atoms with E-state index in [-0.39, 0.29) is 70.5 Å². The van der Waals surface area contributed by atoms with E-state index in [4.69, 9.17) is 0 Å². The third kappa shape index (κ3) is 50.8. The van der Waals surface area contributed by atoms with Crippen molar-refractivity contribution >= 4 is 26.2 Å². The molecule has 0 amide bonds. The fourth-order valence-corrected chi connectivity index (χ4v) is 0. The summed E-state index contributed by atoms with van der Waals surface area (Å²) >= 11 is 0. The molecule has 0 heterocycles. The van der Waals surface area contributed by atoms with Crippen molar-refractivity contribution in [2.75, 3.05) is 0 Å². The molecule has 6 heteroatoms. The molecule has 0 aromatic heterocycles. The SMILES string of the molecule is [Bi+3].[Nb+5].[O-2].[O-2].[O-2].[O-2]. The first-order chi connectivity index (χ1) is 0. The second kappa shape index (κ2) is 90.1. The molecule has 4 nitrogen and oxygen atoms in total. The summed E-state index contributed by atoms with van der Waals surface area (Å²) in [4.78, 5) is 0. The van der Waals surface area contributed by atoms with Crippen LogP contribution in [0.1, 0.15) is 0 Å². The van der Waals surface area contributed by atoms with Crippen LogP contribution >= 0.6 is 0 Å². The Kier molecular flexibility index (Phi) is 2190. The largest absolute Gasteiger partial charge is 5.00 e. The Hall–Kier alpha value is 1.46. The second-order valence-corrected chi connectivity index (χ2v) is 0. The molecule has 0 aliphatic rings. The minimum Gasteiger partial charge on any atom is -2.00 e. The van der Waals surface area contributed by atoms with E-state index in [2.05, 4.69) is 0 Å². The zero-order valence-electron chi connectivity index (χ0n) is 2.53. The van der Waals surface area contributed by atoms with Crippen LogP contribution < -0.4 is 0 Å². The van der Waals surface area contributed by atoms with Crippen LogP contribution in [0.4, 0.5) is 0 Å². The van der Waals surface area contributed by atoms with E-state index >= 15 is 0 Å². The molecule has 34 valence electrons. The van der Waals surface area contributed by atoms with Crippen LogP contribution in [-0.4, -0.2) is 26.2 Å². The Balaban J connectivity index is 0. The second-order valence-electron chi connectivity index (χ2n) is 0. The van der Waals surface area contributed by atoms with Crippen molar-refractivity contribution in [1.29, 1.82) is 0 Å². The van der Waals surface area contributed by atoms with Gasteiger partial charge in [0.05, 0.1) is 0 Å². The molecule has 2 radical (unpaired) electrons. The van der Waals surface area contributed by atoms with E-state index in [1.54, 1.807) is 0 Å². The summed E-state index contributed by atoms with van der Waals surface area (Å²) in [6.45, 7) is 0. The summed E-state index contributed by atoms with van der Waals surface area (Å²) < 4.78 is 0. The Morgan fingerprint density at radius 1 is 0.500 bits per heavy atom. The minimum atomic E-state index is 0. The first kappa shape index (κ1) is 146. The van der Waals surface area contributed by atoms with Gasteiger partial charge >= 0.3 is 48.6 Å². The maximum Gasteiger partial charge on any atom is 5.00 e. The molecular formula is BiNbO4. The first-order valence-electron chi connectivity index (χ1n) is 0. The molecule has 0 atom stereocenters. The van der Waals surface area contributed by atoms with Crippen LogP contribution in [-0.2, 0) is 44.3 Å². The molecule has 0 saturated heterocycles. The normalized spacial score (nSPS) is 0. The van der Waals surface area contributed by atoms with Crippen molar-refractivity contribution in [3.8, 4) is 0 Å². The van der Waals surface area contributed by atoms with Crippen molar-refractivity contribution < 1.29 is 44.3 Å². The Bertz CT molecular complexity index is 7.51. The maximum absolute atomic E-state index is 0. The summed E-state index contributed by atoms with van der Waals surface area (Å²) in [5.41, 5.74) is 0. The van der Waals surface area contributed by atoms with Crippen LogP contribution in [0.3, 0.4) is 0 Å².